The normalized spacial score (nSPS) is 11.4. The fourth-order valence-corrected chi connectivity index (χ4v) is 2.10. The molecular formula is C14H24N2O3. The second kappa shape index (κ2) is 7.40. The van der Waals surface area contributed by atoms with Crippen molar-refractivity contribution in [2.24, 2.45) is 0 Å². The summed E-state index contributed by atoms with van der Waals surface area (Å²) in [6.07, 6.45) is 0. The molecule has 1 aromatic carbocycles. The molecule has 5 nitrogen and oxygen atoms in total. The summed E-state index contributed by atoms with van der Waals surface area (Å²) in [7, 11) is 1.82. The van der Waals surface area contributed by atoms with Gasteiger partial charge in [-0.3, -0.25) is 9.59 Å². The highest BCUT2D eigenvalue weighted by atomic mass is 16.5. The van der Waals surface area contributed by atoms with Crippen LogP contribution in [0, 0.1) is 6.92 Å². The second-order valence-corrected chi connectivity index (χ2v) is 4.69. The van der Waals surface area contributed by atoms with Crippen LogP contribution in [-0.4, -0.2) is 51.3 Å². The topological polar surface area (TPSA) is 49.9 Å². The quantitative estimate of drug-likeness (QED) is 0.479. The lowest BCUT2D eigenvalue weighted by molar-refractivity contribution is 0.112. The zero-order chi connectivity index (χ0) is 14.4. The SMILES string of the molecule is CCN(CC)CCOCCN(C)c1c(C)c(=O)c1=O. The van der Waals surface area contributed by atoms with E-state index in [4.69, 9.17) is 4.74 Å². The van der Waals surface area contributed by atoms with Crippen molar-refractivity contribution in [2.75, 3.05) is 51.3 Å². The van der Waals surface area contributed by atoms with Gasteiger partial charge in [0, 0.05) is 25.7 Å². The lowest BCUT2D eigenvalue weighted by atomic mass is 10.1. The van der Waals surface area contributed by atoms with Gasteiger partial charge in [-0.1, -0.05) is 13.8 Å². The number of hydrogen-bond donors (Lipinski definition) is 0. The monoisotopic (exact) mass is 268 g/mol. The molecule has 0 heterocycles. The lowest BCUT2D eigenvalue weighted by Crippen LogP contribution is -2.42. The molecule has 108 valence electrons. The maximum Gasteiger partial charge on any atom is 0.249 e. The van der Waals surface area contributed by atoms with Crippen LogP contribution in [0.2, 0.25) is 0 Å². The van der Waals surface area contributed by atoms with Gasteiger partial charge >= 0.3 is 0 Å². The van der Waals surface area contributed by atoms with Crippen LogP contribution in [0.15, 0.2) is 9.59 Å². The first-order chi connectivity index (χ1) is 9.02. The van der Waals surface area contributed by atoms with E-state index >= 15 is 0 Å². The average molecular weight is 268 g/mol. The van der Waals surface area contributed by atoms with Crippen LogP contribution < -0.4 is 15.8 Å². The molecule has 0 aliphatic carbocycles. The molecule has 0 aliphatic rings. The largest absolute Gasteiger partial charge is 0.378 e. The van der Waals surface area contributed by atoms with Crippen molar-refractivity contribution in [3.8, 4) is 0 Å². The third kappa shape index (κ3) is 3.88. The van der Waals surface area contributed by atoms with E-state index in [2.05, 4.69) is 18.7 Å². The molecule has 0 bridgehead atoms. The van der Waals surface area contributed by atoms with E-state index in [0.29, 0.717) is 31.0 Å². The van der Waals surface area contributed by atoms with Gasteiger partial charge in [0.2, 0.25) is 10.9 Å². The molecule has 0 unspecified atom stereocenters. The Bertz CT molecular complexity index is 459. The van der Waals surface area contributed by atoms with Gasteiger partial charge in [-0.2, -0.15) is 0 Å². The van der Waals surface area contributed by atoms with E-state index in [-0.39, 0.29) is 10.9 Å². The standard InChI is InChI=1S/C14H24N2O3/c1-5-16(6-2)8-10-19-9-7-15(4)12-11(3)13(17)14(12)18/h5-10H2,1-4H3. The Morgan fingerprint density at radius 1 is 1.00 bits per heavy atom. The van der Waals surface area contributed by atoms with Gasteiger partial charge in [-0.25, -0.2) is 0 Å². The first-order valence-electron chi connectivity index (χ1n) is 6.84. The van der Waals surface area contributed by atoms with Gasteiger partial charge in [0.25, 0.3) is 0 Å². The second-order valence-electron chi connectivity index (χ2n) is 4.69. The minimum absolute atomic E-state index is 0.357. The highest BCUT2D eigenvalue weighted by molar-refractivity contribution is 5.57. The Morgan fingerprint density at radius 3 is 2.11 bits per heavy atom. The molecule has 0 spiro atoms. The first kappa shape index (κ1) is 15.9. The van der Waals surface area contributed by atoms with Crippen LogP contribution >= 0.6 is 0 Å². The highest BCUT2D eigenvalue weighted by Gasteiger charge is 2.19. The van der Waals surface area contributed by atoms with E-state index in [9.17, 15) is 9.59 Å². The van der Waals surface area contributed by atoms with Gasteiger partial charge < -0.3 is 14.5 Å². The van der Waals surface area contributed by atoms with Crippen molar-refractivity contribution in [1.29, 1.82) is 0 Å². The zero-order valence-electron chi connectivity index (χ0n) is 12.4. The van der Waals surface area contributed by atoms with Crippen LogP contribution in [0.5, 0.6) is 0 Å². The molecule has 0 saturated heterocycles. The molecule has 0 saturated carbocycles. The van der Waals surface area contributed by atoms with Gasteiger partial charge in [0.1, 0.15) is 0 Å². The summed E-state index contributed by atoms with van der Waals surface area (Å²) in [5.41, 5.74) is 0.375. The fraction of sp³-hybridized carbons (Fsp3) is 0.714. The number of likely N-dealkylation sites (N-methyl/N-ethyl adjacent to an activating group) is 2. The third-order valence-corrected chi connectivity index (χ3v) is 3.52. The molecule has 0 radical (unpaired) electrons. The number of ether oxygens (including phenoxy) is 1. The predicted octanol–water partition coefficient (Wildman–Crippen LogP) is 0.386. The molecule has 0 fully saturated rings. The zero-order valence-corrected chi connectivity index (χ0v) is 12.4. The molecule has 19 heavy (non-hydrogen) atoms. The summed E-state index contributed by atoms with van der Waals surface area (Å²) < 4.78 is 5.55. The van der Waals surface area contributed by atoms with Crippen molar-refractivity contribution in [3.63, 3.8) is 0 Å². The first-order valence-corrected chi connectivity index (χ1v) is 6.84. The van der Waals surface area contributed by atoms with Crippen LogP contribution in [0.4, 0.5) is 5.69 Å². The average Bonchev–Trinajstić information content (AvgIpc) is 2.42. The van der Waals surface area contributed by atoms with Gasteiger partial charge in [-0.15, -0.1) is 0 Å². The number of anilines is 1. The Hall–Kier alpha value is -1.20. The van der Waals surface area contributed by atoms with E-state index in [0.717, 1.165) is 19.6 Å². The summed E-state index contributed by atoms with van der Waals surface area (Å²) in [6.45, 7) is 10.8. The van der Waals surface area contributed by atoms with Crippen LogP contribution in [0.1, 0.15) is 19.4 Å². The summed E-state index contributed by atoms with van der Waals surface area (Å²) in [5, 5.41) is 0. The van der Waals surface area contributed by atoms with Crippen molar-refractivity contribution < 1.29 is 4.74 Å². The van der Waals surface area contributed by atoms with Crippen LogP contribution in [-0.2, 0) is 4.74 Å². The van der Waals surface area contributed by atoms with Gasteiger partial charge in [0.05, 0.1) is 18.9 Å². The van der Waals surface area contributed by atoms with Crippen molar-refractivity contribution >= 4 is 5.69 Å². The molecule has 0 atom stereocenters. The van der Waals surface area contributed by atoms with Gasteiger partial charge in [0.15, 0.2) is 0 Å². The number of hydrogen-bond acceptors (Lipinski definition) is 5. The van der Waals surface area contributed by atoms with Crippen molar-refractivity contribution in [1.82, 2.24) is 4.90 Å². The number of nitrogens with zero attached hydrogens (tertiary/aromatic N) is 2. The van der Waals surface area contributed by atoms with Gasteiger partial charge in [-0.05, 0) is 20.0 Å². The molecular weight excluding hydrogens is 244 g/mol. The maximum atomic E-state index is 11.4. The summed E-state index contributed by atoms with van der Waals surface area (Å²) in [6, 6.07) is 0. The molecule has 0 aromatic heterocycles. The Morgan fingerprint density at radius 2 is 1.58 bits per heavy atom. The Kier molecular flexibility index (Phi) is 6.18. The van der Waals surface area contributed by atoms with Crippen LogP contribution in [0.3, 0.4) is 0 Å². The molecule has 0 N–H and O–H groups in total. The number of rotatable bonds is 9. The molecule has 1 aromatic rings. The lowest BCUT2D eigenvalue weighted by Gasteiger charge is -2.22. The van der Waals surface area contributed by atoms with E-state index in [1.807, 2.05) is 7.05 Å². The van der Waals surface area contributed by atoms with E-state index < -0.39 is 0 Å². The maximum absolute atomic E-state index is 11.4. The summed E-state index contributed by atoms with van der Waals surface area (Å²) in [5.74, 6) is 0. The minimum Gasteiger partial charge on any atom is -0.378 e. The molecule has 0 amide bonds. The van der Waals surface area contributed by atoms with E-state index in [1.54, 1.807) is 11.8 Å². The van der Waals surface area contributed by atoms with Crippen LogP contribution in [0.25, 0.3) is 0 Å². The molecule has 0 aliphatic heterocycles. The smallest absolute Gasteiger partial charge is 0.249 e. The summed E-state index contributed by atoms with van der Waals surface area (Å²) in [4.78, 5) is 26.6. The van der Waals surface area contributed by atoms with Crippen molar-refractivity contribution in [2.45, 2.75) is 20.8 Å². The minimum atomic E-state index is -0.372. The Balaban J connectivity index is 2.24. The Labute approximate surface area is 114 Å². The molecule has 1 rings (SSSR count). The predicted molar refractivity (Wildman–Crippen MR) is 78.0 cm³/mol. The third-order valence-electron chi connectivity index (χ3n) is 3.52. The summed E-state index contributed by atoms with van der Waals surface area (Å²) >= 11 is 0. The van der Waals surface area contributed by atoms with E-state index in [1.165, 1.54) is 0 Å². The van der Waals surface area contributed by atoms with Crippen molar-refractivity contribution in [3.05, 3.63) is 26.0 Å². The highest BCUT2D eigenvalue weighted by Crippen LogP contribution is 2.10. The fourth-order valence-electron chi connectivity index (χ4n) is 2.10. The molecule has 5 heteroatoms.